The molecule has 7 heteroatoms. The molecule has 1 amide bonds. The lowest BCUT2D eigenvalue weighted by Gasteiger charge is -2.29. The van der Waals surface area contributed by atoms with Crippen molar-refractivity contribution in [1.82, 2.24) is 4.90 Å². The summed E-state index contributed by atoms with van der Waals surface area (Å²) in [6.45, 7) is 3.90. The van der Waals surface area contributed by atoms with Crippen molar-refractivity contribution in [3.8, 4) is 5.75 Å². The van der Waals surface area contributed by atoms with Crippen molar-refractivity contribution in [2.24, 2.45) is 5.92 Å². The SMILES string of the molecule is CC(C)C1SCC(C(=O)O)N1C(=O)c1ccc(O)c(Cl)c1. The molecule has 1 aromatic carbocycles. The number of carbonyl (C=O) groups is 2. The Kier molecular flexibility index (Phi) is 4.68. The molecule has 0 spiro atoms. The minimum atomic E-state index is -1.01. The Morgan fingerprint density at radius 2 is 2.10 bits per heavy atom. The van der Waals surface area contributed by atoms with Crippen LogP contribution in [0.15, 0.2) is 18.2 Å². The third-order valence-electron chi connectivity index (χ3n) is 3.32. The van der Waals surface area contributed by atoms with Crippen molar-refractivity contribution in [2.75, 3.05) is 5.75 Å². The molecule has 1 aromatic rings. The highest BCUT2D eigenvalue weighted by atomic mass is 35.5. The molecule has 2 atom stereocenters. The summed E-state index contributed by atoms with van der Waals surface area (Å²) in [4.78, 5) is 25.4. The second-order valence-electron chi connectivity index (χ2n) is 5.20. The normalized spacial score (nSPS) is 21.8. The second-order valence-corrected chi connectivity index (χ2v) is 6.76. The van der Waals surface area contributed by atoms with E-state index in [2.05, 4.69) is 0 Å². The molecule has 1 aliphatic rings. The summed E-state index contributed by atoms with van der Waals surface area (Å²) in [6.07, 6.45) is 0. The number of aromatic hydroxyl groups is 1. The molecule has 2 unspecified atom stereocenters. The lowest BCUT2D eigenvalue weighted by atomic mass is 10.1. The van der Waals surface area contributed by atoms with Crippen LogP contribution in [0.1, 0.15) is 24.2 Å². The van der Waals surface area contributed by atoms with Gasteiger partial charge in [-0.15, -0.1) is 11.8 Å². The molecule has 1 fully saturated rings. The van der Waals surface area contributed by atoms with Crippen molar-refractivity contribution in [3.05, 3.63) is 28.8 Å². The van der Waals surface area contributed by atoms with Crippen LogP contribution in [0.3, 0.4) is 0 Å². The molecule has 2 N–H and O–H groups in total. The molecule has 5 nitrogen and oxygen atoms in total. The molecule has 1 saturated heterocycles. The number of rotatable bonds is 3. The van der Waals surface area contributed by atoms with Crippen LogP contribution >= 0.6 is 23.4 Å². The molecule has 1 heterocycles. The molecule has 114 valence electrons. The summed E-state index contributed by atoms with van der Waals surface area (Å²) in [5, 5.41) is 18.6. The van der Waals surface area contributed by atoms with Gasteiger partial charge in [-0.25, -0.2) is 4.79 Å². The van der Waals surface area contributed by atoms with E-state index in [0.29, 0.717) is 5.75 Å². The van der Waals surface area contributed by atoms with E-state index in [-0.39, 0.29) is 33.5 Å². The smallest absolute Gasteiger partial charge is 0.327 e. The Bertz CT molecular complexity index is 578. The van der Waals surface area contributed by atoms with Gasteiger partial charge in [-0.05, 0) is 24.1 Å². The average molecular weight is 330 g/mol. The van der Waals surface area contributed by atoms with Crippen LogP contribution in [0, 0.1) is 5.92 Å². The minimum Gasteiger partial charge on any atom is -0.506 e. The first-order valence-corrected chi connectivity index (χ1v) is 7.91. The maximum absolute atomic E-state index is 12.6. The number of benzene rings is 1. The number of thioether (sulfide) groups is 1. The number of phenolic OH excluding ortho intramolecular Hbond substituents is 1. The summed E-state index contributed by atoms with van der Waals surface area (Å²) in [5.41, 5.74) is 0.275. The van der Waals surface area contributed by atoms with Gasteiger partial charge >= 0.3 is 5.97 Å². The highest BCUT2D eigenvalue weighted by molar-refractivity contribution is 8.00. The van der Waals surface area contributed by atoms with Crippen molar-refractivity contribution in [3.63, 3.8) is 0 Å². The molecular formula is C14H16ClNO4S. The summed E-state index contributed by atoms with van der Waals surface area (Å²) < 4.78 is 0. The molecule has 1 aliphatic heterocycles. The van der Waals surface area contributed by atoms with Gasteiger partial charge < -0.3 is 15.1 Å². The minimum absolute atomic E-state index is 0.0701. The number of amides is 1. The standard InChI is InChI=1S/C14H16ClNO4S/c1-7(2)13-16(10(6-21-13)14(19)20)12(18)8-3-4-11(17)9(15)5-8/h3-5,7,10,13,17H,6H2,1-2H3,(H,19,20). The third-order valence-corrected chi connectivity index (χ3v) is 5.24. The molecule has 0 saturated carbocycles. The molecule has 0 bridgehead atoms. The first kappa shape index (κ1) is 16.0. The van der Waals surface area contributed by atoms with Gasteiger partial charge in [0, 0.05) is 11.3 Å². The quantitative estimate of drug-likeness (QED) is 0.891. The van der Waals surface area contributed by atoms with E-state index in [0.717, 1.165) is 0 Å². The summed E-state index contributed by atoms with van der Waals surface area (Å²) in [7, 11) is 0. The number of carboxylic acids is 1. The number of nitrogens with zero attached hydrogens (tertiary/aromatic N) is 1. The lowest BCUT2D eigenvalue weighted by Crippen LogP contribution is -2.47. The summed E-state index contributed by atoms with van der Waals surface area (Å²) in [5.74, 6) is -0.998. The number of carboxylic acid groups (broad SMARTS) is 1. The van der Waals surface area contributed by atoms with E-state index in [9.17, 15) is 19.8 Å². The number of halogens is 1. The molecule has 0 radical (unpaired) electrons. The maximum atomic E-state index is 12.6. The van der Waals surface area contributed by atoms with Gasteiger partial charge in [0.15, 0.2) is 0 Å². The van der Waals surface area contributed by atoms with E-state index >= 15 is 0 Å². The molecule has 0 aliphatic carbocycles. The van der Waals surface area contributed by atoms with Gasteiger partial charge in [0.05, 0.1) is 10.4 Å². The highest BCUT2D eigenvalue weighted by Gasteiger charge is 2.43. The van der Waals surface area contributed by atoms with Gasteiger partial charge in [0.1, 0.15) is 11.8 Å². The Hall–Kier alpha value is -1.40. The van der Waals surface area contributed by atoms with Crippen molar-refractivity contribution in [1.29, 1.82) is 0 Å². The van der Waals surface area contributed by atoms with Crippen LogP contribution in [0.2, 0.25) is 5.02 Å². The van der Waals surface area contributed by atoms with E-state index in [1.165, 1.54) is 34.9 Å². The number of hydrogen-bond acceptors (Lipinski definition) is 4. The average Bonchev–Trinajstić information content (AvgIpc) is 2.86. The monoisotopic (exact) mass is 329 g/mol. The van der Waals surface area contributed by atoms with Crippen LogP contribution in [-0.4, -0.2) is 44.2 Å². The van der Waals surface area contributed by atoms with E-state index < -0.39 is 12.0 Å². The van der Waals surface area contributed by atoms with Crippen LogP contribution < -0.4 is 0 Å². The first-order valence-electron chi connectivity index (χ1n) is 6.48. The van der Waals surface area contributed by atoms with E-state index in [1.807, 2.05) is 13.8 Å². The van der Waals surface area contributed by atoms with Crippen LogP contribution in [0.25, 0.3) is 0 Å². The fourth-order valence-corrected chi connectivity index (χ4v) is 3.93. The van der Waals surface area contributed by atoms with Crippen molar-refractivity contribution in [2.45, 2.75) is 25.3 Å². The zero-order chi connectivity index (χ0) is 15.7. The molecule has 21 heavy (non-hydrogen) atoms. The predicted molar refractivity (Wildman–Crippen MR) is 81.8 cm³/mol. The first-order chi connectivity index (χ1) is 9.82. The third kappa shape index (κ3) is 3.11. The lowest BCUT2D eigenvalue weighted by molar-refractivity contribution is -0.141. The zero-order valence-electron chi connectivity index (χ0n) is 11.6. The predicted octanol–water partition coefficient (Wildman–Crippen LogP) is 2.67. The van der Waals surface area contributed by atoms with Gasteiger partial charge in [0.25, 0.3) is 5.91 Å². The van der Waals surface area contributed by atoms with Gasteiger partial charge in [-0.3, -0.25) is 4.79 Å². The Labute approximate surface area is 131 Å². The number of phenols is 1. The molecule has 2 rings (SSSR count). The van der Waals surface area contributed by atoms with E-state index in [1.54, 1.807) is 0 Å². The maximum Gasteiger partial charge on any atom is 0.327 e. The topological polar surface area (TPSA) is 77.8 Å². The fourth-order valence-electron chi connectivity index (χ4n) is 2.28. The Morgan fingerprint density at radius 1 is 1.43 bits per heavy atom. The van der Waals surface area contributed by atoms with Crippen LogP contribution in [-0.2, 0) is 4.79 Å². The van der Waals surface area contributed by atoms with E-state index in [4.69, 9.17) is 11.6 Å². The zero-order valence-corrected chi connectivity index (χ0v) is 13.2. The molecular weight excluding hydrogens is 314 g/mol. The van der Waals surface area contributed by atoms with Gasteiger partial charge in [0.2, 0.25) is 0 Å². The van der Waals surface area contributed by atoms with Crippen LogP contribution in [0.4, 0.5) is 0 Å². The number of aliphatic carboxylic acids is 1. The van der Waals surface area contributed by atoms with Crippen LogP contribution in [0.5, 0.6) is 5.75 Å². The van der Waals surface area contributed by atoms with Gasteiger partial charge in [-0.2, -0.15) is 0 Å². The Balaban J connectivity index is 2.36. The summed E-state index contributed by atoms with van der Waals surface area (Å²) in [6, 6.07) is 3.29. The molecule has 0 aromatic heterocycles. The number of hydrogen-bond donors (Lipinski definition) is 2. The second kappa shape index (κ2) is 6.15. The largest absolute Gasteiger partial charge is 0.506 e. The highest BCUT2D eigenvalue weighted by Crippen LogP contribution is 2.36. The Morgan fingerprint density at radius 3 is 2.62 bits per heavy atom. The fraction of sp³-hybridized carbons (Fsp3) is 0.429. The number of carbonyl (C=O) groups excluding carboxylic acids is 1. The van der Waals surface area contributed by atoms with Gasteiger partial charge in [-0.1, -0.05) is 25.4 Å². The van der Waals surface area contributed by atoms with Crippen molar-refractivity contribution < 1.29 is 19.8 Å². The van der Waals surface area contributed by atoms with Crippen molar-refractivity contribution >= 4 is 35.2 Å². The summed E-state index contributed by atoms with van der Waals surface area (Å²) >= 11 is 7.29.